The molecule has 0 saturated heterocycles. The van der Waals surface area contributed by atoms with E-state index in [1.165, 1.54) is 6.92 Å². The van der Waals surface area contributed by atoms with Crippen LogP contribution in [0.3, 0.4) is 0 Å². The number of aryl methyl sites for hydroxylation is 2. The first-order valence-electron chi connectivity index (χ1n) is 9.96. The van der Waals surface area contributed by atoms with Gasteiger partial charge < -0.3 is 10.6 Å². The molecule has 0 aliphatic rings. The van der Waals surface area contributed by atoms with Gasteiger partial charge in [-0.2, -0.15) is 0 Å². The van der Waals surface area contributed by atoms with E-state index < -0.39 is 0 Å². The van der Waals surface area contributed by atoms with Crippen molar-refractivity contribution in [3.05, 3.63) is 70.3 Å². The Kier molecular flexibility index (Phi) is 7.68. The van der Waals surface area contributed by atoms with E-state index in [1.54, 1.807) is 23.7 Å². The first-order chi connectivity index (χ1) is 14.5. The van der Waals surface area contributed by atoms with Gasteiger partial charge in [0.05, 0.1) is 23.2 Å². The Balaban J connectivity index is 1.46. The Morgan fingerprint density at radius 1 is 1.10 bits per heavy atom. The van der Waals surface area contributed by atoms with Gasteiger partial charge in [-0.05, 0) is 31.0 Å². The molecule has 0 saturated carbocycles. The van der Waals surface area contributed by atoms with Crippen LogP contribution in [0.1, 0.15) is 41.9 Å². The second-order valence-corrected chi connectivity index (χ2v) is 8.13. The molecule has 2 N–H and O–H groups in total. The van der Waals surface area contributed by atoms with Crippen LogP contribution in [0.2, 0.25) is 0 Å². The molecule has 1 aromatic carbocycles. The molecule has 1 unspecified atom stereocenters. The predicted molar refractivity (Wildman–Crippen MR) is 119 cm³/mol. The number of amides is 2. The standard InChI is InChI=1S/C23H26N4O2S/c1-16-5-7-18(8-6-16)20(26-17(2)28)14-22(29)25-11-3-4-23-27-21(15-30-23)19-9-12-24-13-10-19/h5-10,12-13,15,20H,3-4,11,14H2,1-2H3,(H,25,29)(H,26,28). The number of nitrogens with one attached hydrogen (secondary N) is 2. The zero-order chi connectivity index (χ0) is 21.3. The maximum atomic E-state index is 12.4. The number of aromatic nitrogens is 2. The lowest BCUT2D eigenvalue weighted by Gasteiger charge is -2.18. The predicted octanol–water partition coefficient (Wildman–Crippen LogP) is 3.83. The van der Waals surface area contributed by atoms with Crippen molar-refractivity contribution < 1.29 is 9.59 Å². The van der Waals surface area contributed by atoms with Crippen LogP contribution in [-0.4, -0.2) is 28.3 Å². The second-order valence-electron chi connectivity index (χ2n) is 7.18. The molecule has 2 amide bonds. The molecule has 0 fully saturated rings. The monoisotopic (exact) mass is 422 g/mol. The van der Waals surface area contributed by atoms with Crippen molar-refractivity contribution >= 4 is 23.2 Å². The summed E-state index contributed by atoms with van der Waals surface area (Å²) in [5.41, 5.74) is 4.08. The third-order valence-corrected chi connectivity index (χ3v) is 5.57. The Morgan fingerprint density at radius 2 is 1.83 bits per heavy atom. The molecule has 3 aromatic rings. The number of benzene rings is 1. The molecule has 6 nitrogen and oxygen atoms in total. The van der Waals surface area contributed by atoms with E-state index in [1.807, 2.05) is 48.7 Å². The van der Waals surface area contributed by atoms with E-state index in [0.29, 0.717) is 6.54 Å². The molecule has 7 heteroatoms. The first-order valence-corrected chi connectivity index (χ1v) is 10.8. The minimum Gasteiger partial charge on any atom is -0.356 e. The summed E-state index contributed by atoms with van der Waals surface area (Å²) in [6.45, 7) is 4.05. The summed E-state index contributed by atoms with van der Waals surface area (Å²) in [6, 6.07) is 11.4. The van der Waals surface area contributed by atoms with Gasteiger partial charge in [0.1, 0.15) is 0 Å². The molecule has 0 radical (unpaired) electrons. The molecule has 30 heavy (non-hydrogen) atoms. The number of hydrogen-bond acceptors (Lipinski definition) is 5. The van der Waals surface area contributed by atoms with E-state index in [4.69, 9.17) is 0 Å². The maximum Gasteiger partial charge on any atom is 0.222 e. The number of nitrogens with zero attached hydrogens (tertiary/aromatic N) is 2. The lowest BCUT2D eigenvalue weighted by molar-refractivity contribution is -0.122. The summed E-state index contributed by atoms with van der Waals surface area (Å²) >= 11 is 1.63. The van der Waals surface area contributed by atoms with Gasteiger partial charge in [0, 0.05) is 43.2 Å². The summed E-state index contributed by atoms with van der Waals surface area (Å²) in [4.78, 5) is 32.6. The van der Waals surface area contributed by atoms with Crippen LogP contribution in [0.25, 0.3) is 11.3 Å². The number of carbonyl (C=O) groups is 2. The Morgan fingerprint density at radius 3 is 2.53 bits per heavy atom. The number of rotatable bonds is 9. The van der Waals surface area contributed by atoms with Crippen LogP contribution >= 0.6 is 11.3 Å². The maximum absolute atomic E-state index is 12.4. The van der Waals surface area contributed by atoms with E-state index >= 15 is 0 Å². The van der Waals surface area contributed by atoms with E-state index in [2.05, 4.69) is 20.6 Å². The highest BCUT2D eigenvalue weighted by Crippen LogP contribution is 2.22. The van der Waals surface area contributed by atoms with Crippen LogP contribution in [-0.2, 0) is 16.0 Å². The van der Waals surface area contributed by atoms with Crippen molar-refractivity contribution in [2.24, 2.45) is 0 Å². The smallest absolute Gasteiger partial charge is 0.222 e. The van der Waals surface area contributed by atoms with Crippen LogP contribution < -0.4 is 10.6 Å². The van der Waals surface area contributed by atoms with Crippen LogP contribution in [0, 0.1) is 6.92 Å². The van der Waals surface area contributed by atoms with Gasteiger partial charge in [0.25, 0.3) is 0 Å². The van der Waals surface area contributed by atoms with E-state index in [-0.39, 0.29) is 24.3 Å². The Labute approximate surface area is 180 Å². The normalized spacial score (nSPS) is 11.7. The second kappa shape index (κ2) is 10.6. The lowest BCUT2D eigenvalue weighted by atomic mass is 10.0. The minimum absolute atomic E-state index is 0.0778. The van der Waals surface area contributed by atoms with Crippen molar-refractivity contribution in [2.75, 3.05) is 6.54 Å². The summed E-state index contributed by atoms with van der Waals surface area (Å²) < 4.78 is 0. The first kappa shape index (κ1) is 21.6. The van der Waals surface area contributed by atoms with Gasteiger partial charge in [-0.1, -0.05) is 29.8 Å². The third-order valence-electron chi connectivity index (χ3n) is 4.66. The molecule has 2 heterocycles. The number of thiazole rings is 1. The molecule has 1 atom stereocenters. The van der Waals surface area contributed by atoms with Gasteiger partial charge in [-0.3, -0.25) is 14.6 Å². The SMILES string of the molecule is CC(=O)NC(CC(=O)NCCCc1nc(-c2ccncc2)cs1)c1ccc(C)cc1. The zero-order valence-electron chi connectivity index (χ0n) is 17.2. The van der Waals surface area contributed by atoms with Gasteiger partial charge in [-0.15, -0.1) is 11.3 Å². The van der Waals surface area contributed by atoms with Crippen LogP contribution in [0.15, 0.2) is 54.2 Å². The molecule has 3 rings (SSSR count). The fourth-order valence-corrected chi connectivity index (χ4v) is 3.95. The molecule has 0 aliphatic heterocycles. The Bertz CT molecular complexity index is 970. The fraction of sp³-hybridized carbons (Fsp3) is 0.304. The third kappa shape index (κ3) is 6.49. The molecule has 0 bridgehead atoms. The van der Waals surface area contributed by atoms with Gasteiger partial charge >= 0.3 is 0 Å². The van der Waals surface area contributed by atoms with Gasteiger partial charge in [0.15, 0.2) is 0 Å². The fourth-order valence-electron chi connectivity index (χ4n) is 3.10. The topological polar surface area (TPSA) is 84.0 Å². The Hall–Kier alpha value is -3.06. The van der Waals surface area contributed by atoms with Gasteiger partial charge in [0.2, 0.25) is 11.8 Å². The number of hydrogen-bond donors (Lipinski definition) is 2. The lowest BCUT2D eigenvalue weighted by Crippen LogP contribution is -2.33. The molecule has 0 spiro atoms. The van der Waals surface area contributed by atoms with E-state index in [0.717, 1.165) is 40.2 Å². The van der Waals surface area contributed by atoms with Crippen molar-refractivity contribution in [1.29, 1.82) is 0 Å². The van der Waals surface area contributed by atoms with Crippen molar-refractivity contribution in [1.82, 2.24) is 20.6 Å². The summed E-state index contributed by atoms with van der Waals surface area (Å²) in [7, 11) is 0. The molecular formula is C23H26N4O2S. The summed E-state index contributed by atoms with van der Waals surface area (Å²) in [5.74, 6) is -0.229. The van der Waals surface area contributed by atoms with Crippen molar-refractivity contribution in [2.45, 2.75) is 39.2 Å². The van der Waals surface area contributed by atoms with Gasteiger partial charge in [-0.25, -0.2) is 4.98 Å². The quantitative estimate of drug-likeness (QED) is 0.513. The highest BCUT2D eigenvalue weighted by molar-refractivity contribution is 7.09. The minimum atomic E-state index is -0.329. The average molecular weight is 423 g/mol. The molecule has 156 valence electrons. The largest absolute Gasteiger partial charge is 0.356 e. The number of pyridine rings is 1. The van der Waals surface area contributed by atoms with Crippen molar-refractivity contribution in [3.63, 3.8) is 0 Å². The molecular weight excluding hydrogens is 396 g/mol. The van der Waals surface area contributed by atoms with E-state index in [9.17, 15) is 9.59 Å². The van der Waals surface area contributed by atoms with Crippen molar-refractivity contribution in [3.8, 4) is 11.3 Å². The highest BCUT2D eigenvalue weighted by atomic mass is 32.1. The highest BCUT2D eigenvalue weighted by Gasteiger charge is 2.17. The van der Waals surface area contributed by atoms with Crippen LogP contribution in [0.5, 0.6) is 0 Å². The number of carbonyl (C=O) groups excluding carboxylic acids is 2. The zero-order valence-corrected chi connectivity index (χ0v) is 18.0. The molecule has 0 aliphatic carbocycles. The van der Waals surface area contributed by atoms with Crippen LogP contribution in [0.4, 0.5) is 0 Å². The molecule has 2 aromatic heterocycles. The summed E-state index contributed by atoms with van der Waals surface area (Å²) in [6.07, 6.45) is 5.35. The summed E-state index contributed by atoms with van der Waals surface area (Å²) in [5, 5.41) is 8.92. The average Bonchev–Trinajstić information content (AvgIpc) is 3.21.